The van der Waals surface area contributed by atoms with Crippen LogP contribution >= 0.6 is 0 Å². The number of allylic oxidation sites excluding steroid dienone is 4. The summed E-state index contributed by atoms with van der Waals surface area (Å²) < 4.78 is 5.70. The van der Waals surface area contributed by atoms with Crippen LogP contribution in [0.1, 0.15) is 17.5 Å². The van der Waals surface area contributed by atoms with Gasteiger partial charge in [0, 0.05) is 23.0 Å². The summed E-state index contributed by atoms with van der Waals surface area (Å²) in [5.41, 5.74) is 5.35. The molecule has 1 heterocycles. The van der Waals surface area contributed by atoms with Gasteiger partial charge in [-0.2, -0.15) is 0 Å². The van der Waals surface area contributed by atoms with E-state index in [0.717, 1.165) is 29.8 Å². The number of fused-ring (bicyclic) bond motifs is 4. The topological polar surface area (TPSA) is 16.4 Å². The molecule has 0 aliphatic carbocycles. The third-order valence-electron chi connectivity index (χ3n) is 7.22. The third-order valence-corrected chi connectivity index (χ3v) is 7.22. The minimum Gasteiger partial charge on any atom is -0.464 e. The Balaban J connectivity index is 1.19. The maximum Gasteiger partial charge on any atom is 0.134 e. The van der Waals surface area contributed by atoms with Gasteiger partial charge in [0.1, 0.15) is 5.58 Å². The number of hydrogen-bond acceptors (Lipinski definition) is 2. The standard InChI is InChI=1S/C38H31NO/c1-29(15-5-6-16-30-27-31-17-7-8-21-34(31)37-24-10-9-22-35(30)37)39(33-19-3-2-4-20-33)26-14-13-18-32-28-40-38-25-12-11-23-36(32)38/h2-12,14-17,19-28H,1,13,18H2/b15-5-,16-6+,26-14+. The van der Waals surface area contributed by atoms with Crippen molar-refractivity contribution in [2.45, 2.75) is 12.8 Å². The molecule has 40 heavy (non-hydrogen) atoms. The fourth-order valence-corrected chi connectivity index (χ4v) is 5.21. The fourth-order valence-electron chi connectivity index (χ4n) is 5.21. The third kappa shape index (κ3) is 5.39. The molecular formula is C38H31NO. The monoisotopic (exact) mass is 517 g/mol. The predicted molar refractivity (Wildman–Crippen MR) is 171 cm³/mol. The minimum absolute atomic E-state index is 0.893. The van der Waals surface area contributed by atoms with E-state index < -0.39 is 0 Å². The molecule has 6 rings (SSSR count). The molecule has 0 N–H and O–H groups in total. The predicted octanol–water partition coefficient (Wildman–Crippen LogP) is 10.5. The molecular weight excluding hydrogens is 486 g/mol. The number of hydrogen-bond donors (Lipinski definition) is 0. The molecule has 2 heteroatoms. The molecule has 0 radical (unpaired) electrons. The van der Waals surface area contributed by atoms with Crippen LogP contribution in [0, 0.1) is 0 Å². The van der Waals surface area contributed by atoms with Gasteiger partial charge in [-0.1, -0.05) is 116 Å². The summed E-state index contributed by atoms with van der Waals surface area (Å²) in [5, 5.41) is 6.25. The molecule has 1 aromatic heterocycles. The molecule has 5 aromatic carbocycles. The molecule has 2 nitrogen and oxygen atoms in total. The average Bonchev–Trinajstić information content (AvgIpc) is 3.42. The molecule has 0 fully saturated rings. The maximum atomic E-state index is 5.70. The lowest BCUT2D eigenvalue weighted by Crippen LogP contribution is -2.12. The van der Waals surface area contributed by atoms with Gasteiger partial charge in [0.05, 0.1) is 6.26 Å². The number of aryl methyl sites for hydroxylation is 1. The van der Waals surface area contributed by atoms with E-state index >= 15 is 0 Å². The van der Waals surface area contributed by atoms with E-state index in [1.54, 1.807) is 0 Å². The van der Waals surface area contributed by atoms with Gasteiger partial charge in [-0.25, -0.2) is 0 Å². The van der Waals surface area contributed by atoms with Gasteiger partial charge in [0.2, 0.25) is 0 Å². The zero-order chi connectivity index (χ0) is 27.1. The van der Waals surface area contributed by atoms with Crippen molar-refractivity contribution in [3.8, 4) is 0 Å². The molecule has 0 spiro atoms. The highest BCUT2D eigenvalue weighted by molar-refractivity contribution is 6.10. The SMILES string of the molecule is C=C(/C=C\C=C\c1cc2ccccc2c2ccccc12)N(/C=C/CCc1coc2ccccc12)c1ccccc1. The van der Waals surface area contributed by atoms with E-state index in [9.17, 15) is 0 Å². The summed E-state index contributed by atoms with van der Waals surface area (Å²) in [6, 6.07) is 38.0. The van der Waals surface area contributed by atoms with Crippen LogP contribution < -0.4 is 4.90 Å². The molecule has 0 saturated carbocycles. The van der Waals surface area contributed by atoms with Crippen LogP contribution in [0.2, 0.25) is 0 Å². The highest BCUT2D eigenvalue weighted by Gasteiger charge is 2.07. The van der Waals surface area contributed by atoms with E-state index in [4.69, 9.17) is 4.42 Å². The second-order valence-electron chi connectivity index (χ2n) is 9.83. The molecule has 0 atom stereocenters. The molecule has 194 valence electrons. The lowest BCUT2D eigenvalue weighted by molar-refractivity contribution is 0.610. The van der Waals surface area contributed by atoms with Gasteiger partial charge in [0.15, 0.2) is 0 Å². The van der Waals surface area contributed by atoms with E-state index in [1.165, 1.54) is 38.1 Å². The summed E-state index contributed by atoms with van der Waals surface area (Å²) in [7, 11) is 0. The van der Waals surface area contributed by atoms with Crippen LogP contribution in [0.15, 0.2) is 163 Å². The van der Waals surface area contributed by atoms with Crippen LogP contribution in [0.25, 0.3) is 38.6 Å². The first kappa shape index (κ1) is 25.2. The quantitative estimate of drug-likeness (QED) is 0.140. The molecule has 0 saturated heterocycles. The second-order valence-corrected chi connectivity index (χ2v) is 9.83. The van der Waals surface area contributed by atoms with E-state index in [0.29, 0.717) is 0 Å². The second kappa shape index (κ2) is 11.8. The number of furan rings is 1. The molecule has 0 aliphatic rings. The first-order valence-electron chi connectivity index (χ1n) is 13.7. The normalized spacial score (nSPS) is 12.0. The van der Waals surface area contributed by atoms with Gasteiger partial charge in [-0.05, 0) is 75.9 Å². The van der Waals surface area contributed by atoms with Crippen LogP contribution in [0.5, 0.6) is 0 Å². The zero-order valence-corrected chi connectivity index (χ0v) is 22.4. The molecule has 0 amide bonds. The minimum atomic E-state index is 0.893. The summed E-state index contributed by atoms with van der Waals surface area (Å²) >= 11 is 0. The van der Waals surface area contributed by atoms with Crippen LogP contribution in [-0.4, -0.2) is 0 Å². The summed E-state index contributed by atoms with van der Waals surface area (Å²) in [4.78, 5) is 2.13. The molecule has 0 aliphatic heterocycles. The molecule has 6 aromatic rings. The van der Waals surface area contributed by atoms with Crippen LogP contribution in [0.4, 0.5) is 5.69 Å². The fraction of sp³-hybridized carbons (Fsp3) is 0.0526. The van der Waals surface area contributed by atoms with Crippen molar-refractivity contribution in [3.05, 3.63) is 169 Å². The Morgan fingerprint density at radius 1 is 0.725 bits per heavy atom. The van der Waals surface area contributed by atoms with E-state index in [1.807, 2.05) is 24.5 Å². The summed E-state index contributed by atoms with van der Waals surface area (Å²) in [6.07, 6.45) is 16.4. The van der Waals surface area contributed by atoms with Crippen molar-refractivity contribution in [1.29, 1.82) is 0 Å². The average molecular weight is 518 g/mol. The maximum absolute atomic E-state index is 5.70. The van der Waals surface area contributed by atoms with Crippen LogP contribution in [0.3, 0.4) is 0 Å². The highest BCUT2D eigenvalue weighted by Crippen LogP contribution is 2.29. The van der Waals surface area contributed by atoms with Gasteiger partial charge in [0.25, 0.3) is 0 Å². The number of anilines is 1. The molecule has 0 bridgehead atoms. The highest BCUT2D eigenvalue weighted by atomic mass is 16.3. The summed E-state index contributed by atoms with van der Waals surface area (Å²) in [5.74, 6) is 0. The Hall–Kier alpha value is -5.08. The lowest BCUT2D eigenvalue weighted by Gasteiger charge is -2.21. The van der Waals surface area contributed by atoms with Crippen molar-refractivity contribution in [2.24, 2.45) is 0 Å². The first-order chi connectivity index (χ1) is 19.8. The Bertz CT molecular complexity index is 1870. The smallest absolute Gasteiger partial charge is 0.134 e. The van der Waals surface area contributed by atoms with Crippen LogP contribution in [-0.2, 0) is 6.42 Å². The van der Waals surface area contributed by atoms with E-state index in [-0.39, 0.29) is 0 Å². The Morgan fingerprint density at radius 2 is 1.43 bits per heavy atom. The largest absolute Gasteiger partial charge is 0.464 e. The number of rotatable bonds is 9. The lowest BCUT2D eigenvalue weighted by atomic mass is 9.97. The Morgan fingerprint density at radius 3 is 2.27 bits per heavy atom. The van der Waals surface area contributed by atoms with Gasteiger partial charge < -0.3 is 9.32 Å². The van der Waals surface area contributed by atoms with E-state index in [2.05, 4.69) is 139 Å². The Labute approximate surface area is 235 Å². The first-order valence-corrected chi connectivity index (χ1v) is 13.7. The van der Waals surface area contributed by atoms with Crippen molar-refractivity contribution < 1.29 is 4.42 Å². The van der Waals surface area contributed by atoms with Gasteiger partial charge >= 0.3 is 0 Å². The zero-order valence-electron chi connectivity index (χ0n) is 22.4. The number of para-hydroxylation sites is 2. The van der Waals surface area contributed by atoms with Crippen molar-refractivity contribution >= 4 is 44.3 Å². The van der Waals surface area contributed by atoms with Crippen molar-refractivity contribution in [2.75, 3.05) is 4.90 Å². The molecule has 0 unspecified atom stereocenters. The van der Waals surface area contributed by atoms with Gasteiger partial charge in [-0.3, -0.25) is 0 Å². The Kier molecular flexibility index (Phi) is 7.41. The van der Waals surface area contributed by atoms with Crippen molar-refractivity contribution in [1.82, 2.24) is 0 Å². The summed E-state index contributed by atoms with van der Waals surface area (Å²) in [6.45, 7) is 4.38. The number of benzene rings is 5. The van der Waals surface area contributed by atoms with Crippen molar-refractivity contribution in [3.63, 3.8) is 0 Å². The number of nitrogens with zero attached hydrogens (tertiary/aromatic N) is 1. The van der Waals surface area contributed by atoms with Gasteiger partial charge in [-0.15, -0.1) is 0 Å².